The van der Waals surface area contributed by atoms with Crippen molar-refractivity contribution in [3.8, 4) is 50.6 Å². The topological polar surface area (TPSA) is 87.8 Å². The van der Waals surface area contributed by atoms with E-state index in [1.165, 1.54) is 95.9 Å². The zero-order valence-corrected chi connectivity index (χ0v) is 58.7. The average molecular weight is 1630 g/mol. The number of halogens is 21. The van der Waals surface area contributed by atoms with Crippen molar-refractivity contribution in [1.29, 1.82) is 0 Å². The predicted octanol–water partition coefficient (Wildman–Crippen LogP) is 22.4. The first kappa shape index (κ1) is 87.3. The normalized spacial score (nSPS) is 16.7. The molecular weight excluding hydrogens is 1560 g/mol. The van der Waals surface area contributed by atoms with Gasteiger partial charge in [0.1, 0.15) is 34.7 Å². The van der Waals surface area contributed by atoms with Crippen LogP contribution >= 0.6 is 0 Å². The lowest BCUT2D eigenvalue weighted by Gasteiger charge is -2.41. The maximum absolute atomic E-state index is 13.9. The largest absolute Gasteiger partial charge is 0.461 e. The van der Waals surface area contributed by atoms with Crippen LogP contribution in [0.3, 0.4) is 0 Å². The lowest BCUT2D eigenvalue weighted by molar-refractivity contribution is -0.253. The molecule has 0 aromatic heterocycles. The summed E-state index contributed by atoms with van der Waals surface area (Å²) in [5, 5.41) is 16.6. The van der Waals surface area contributed by atoms with Gasteiger partial charge >= 0.3 is 50.0 Å². The predicted molar refractivity (Wildman–Crippen MR) is 381 cm³/mol. The van der Waals surface area contributed by atoms with E-state index in [4.69, 9.17) is 0 Å². The molecule has 9 aromatic carbocycles. The van der Waals surface area contributed by atoms with Crippen LogP contribution in [0, 0.1) is 17.5 Å². The smallest absolute Gasteiger partial charge is 0.428 e. The number of fused-ring (bicyclic) bond motifs is 3. The number of benzene rings is 9. The monoisotopic (exact) mass is 1630 g/mol. The Morgan fingerprint density at radius 1 is 0.431 bits per heavy atom. The number of nitrogens with one attached hydrogen (secondary N) is 2. The molecule has 33 heteroatoms. The first-order chi connectivity index (χ1) is 51.1. The molecule has 13 rings (SSSR count). The van der Waals surface area contributed by atoms with Gasteiger partial charge in [-0.2, -0.15) is 79.0 Å². The van der Waals surface area contributed by atoms with Crippen LogP contribution in [0.5, 0.6) is 17.2 Å². The van der Waals surface area contributed by atoms with Crippen LogP contribution in [0.2, 0.25) is 0 Å². The molecule has 0 aliphatic carbocycles. The Hall–Kier alpha value is -8.89. The Morgan fingerprint density at radius 3 is 1.10 bits per heavy atom. The Labute approximate surface area is 631 Å². The maximum Gasteiger partial charge on any atom is 0.461 e. The molecule has 4 aliphatic rings. The third-order valence-corrected chi connectivity index (χ3v) is 17.0. The summed E-state index contributed by atoms with van der Waals surface area (Å²) in [6, 6.07) is 49.8. The van der Waals surface area contributed by atoms with Crippen LogP contribution in [0.4, 0.5) is 109 Å². The second-order valence-electron chi connectivity index (χ2n) is 24.2. The first-order valence-electron chi connectivity index (χ1n) is 32.2. The number of anilines is 3. The zero-order valence-electron chi connectivity index (χ0n) is 55.4. The number of alkyl halides is 18. The van der Waals surface area contributed by atoms with E-state index < -0.39 is 86.3 Å². The quantitative estimate of drug-likeness (QED) is 0.0599. The van der Waals surface area contributed by atoms with Gasteiger partial charge in [-0.1, -0.05) is 117 Å². The van der Waals surface area contributed by atoms with Gasteiger partial charge in [-0.3, -0.25) is 0 Å². The van der Waals surface area contributed by atoms with Crippen LogP contribution in [-0.2, 0) is 68.8 Å². The summed E-state index contributed by atoms with van der Waals surface area (Å²) in [5.41, 5.74) is 10.8. The van der Waals surface area contributed by atoms with E-state index in [0.717, 1.165) is 56.9 Å². The lowest BCUT2D eigenvalue weighted by Crippen LogP contribution is -2.44. The standard InChI is InChI=1S/C26H21F8NO2.2C23H18F5NO.C3H3F3O.CH4.2S2/c27-17-6-1-4-15(12-17)19-8-3-9-22-20(19)10-11-21(35(22)14-23(36)25(30,31)32)16-5-2-7-18(13-16)37-26(33,34)24(28)29;2*24-16-6-1-4-14(12-16)18-8-3-9-21-19(18)10-11-20(29-21)15-5-2-7-17(13-15)30-23(27,28)22(25)26;4-3(5,6)2-1-7-2;;2*1-2/h1-9,12-13,21,23-24,36H,10-11,14H2;2*1-9,12-13,20,22,29H,10-11H2;2H,1H2;1H4;;/t21-,23+;2*20-;;;;/m111..../s1. The number of hydrogen-bond donors (Lipinski definition) is 3. The van der Waals surface area contributed by atoms with E-state index in [9.17, 15) is 97.3 Å². The van der Waals surface area contributed by atoms with E-state index in [2.05, 4.69) is 74.3 Å². The highest BCUT2D eigenvalue weighted by atomic mass is 32.8. The summed E-state index contributed by atoms with van der Waals surface area (Å²) >= 11 is 14.7. The minimum absolute atomic E-state index is 0. The Kier molecular flexibility index (Phi) is 30.6. The number of rotatable bonds is 17. The van der Waals surface area contributed by atoms with Crippen molar-refractivity contribution < 1.29 is 116 Å². The summed E-state index contributed by atoms with van der Waals surface area (Å²) in [5.74, 6) is -2.35. The van der Waals surface area contributed by atoms with Crippen molar-refractivity contribution >= 4 is 61.8 Å². The summed E-state index contributed by atoms with van der Waals surface area (Å²) in [7, 11) is 0. The van der Waals surface area contributed by atoms with E-state index >= 15 is 0 Å². The molecule has 0 radical (unpaired) electrons. The summed E-state index contributed by atoms with van der Waals surface area (Å²) in [6.07, 6.45) is -35.8. The SMILES string of the molecule is C.FC(F)(F)C1CO1.Fc1cccc(-c2cccc3c2CC[C@H](c2cccc(OC(F)(F)C(F)F)c2)N3)c1.Fc1cccc(-c2cccc3c2CC[C@H](c2cccc(OC(F)(F)C(F)F)c2)N3)c1.O[C@@H](CN1c2cccc(-c3cccc(F)c3)c2CC[C@@H]1c1cccc(OC(F)(F)C(F)F)c1)C(F)(F)F.S=S.S=S. The highest BCUT2D eigenvalue weighted by Gasteiger charge is 2.50. The molecule has 1 unspecified atom stereocenters. The van der Waals surface area contributed by atoms with Gasteiger partial charge in [-0.05, 0) is 196 Å². The number of aliphatic hydroxyl groups excluding tert-OH is 1. The molecule has 109 heavy (non-hydrogen) atoms. The fourth-order valence-electron chi connectivity index (χ4n) is 12.1. The number of β-amino-alcohol motifs (C(OH)–C–C–N with tert-alkyl or cyclic N) is 1. The number of hydrogen-bond acceptors (Lipinski definition) is 12. The Morgan fingerprint density at radius 2 is 0.761 bits per heavy atom. The van der Waals surface area contributed by atoms with Crippen LogP contribution in [0.1, 0.15) is 78.2 Å². The molecule has 0 spiro atoms. The maximum atomic E-state index is 13.9. The molecule has 0 saturated carbocycles. The molecule has 8 nitrogen and oxygen atoms in total. The molecule has 5 atom stereocenters. The van der Waals surface area contributed by atoms with Gasteiger partial charge in [0, 0.05) is 61.8 Å². The van der Waals surface area contributed by atoms with E-state index in [1.807, 2.05) is 48.5 Å². The van der Waals surface area contributed by atoms with Crippen molar-refractivity contribution in [3.05, 3.63) is 251 Å². The van der Waals surface area contributed by atoms with Gasteiger partial charge in [-0.25, -0.2) is 13.2 Å². The molecule has 0 amide bonds. The van der Waals surface area contributed by atoms with Gasteiger partial charge < -0.3 is 39.6 Å². The molecular formula is C76H64F21N3O5S4. The fourth-order valence-corrected chi connectivity index (χ4v) is 12.1. The van der Waals surface area contributed by atoms with E-state index in [0.29, 0.717) is 65.6 Å². The van der Waals surface area contributed by atoms with Gasteiger partial charge in [0.15, 0.2) is 12.2 Å². The molecule has 1 saturated heterocycles. The number of aliphatic hydroxyl groups is 1. The molecule has 4 aliphatic heterocycles. The first-order valence-corrected chi connectivity index (χ1v) is 34.8. The third kappa shape index (κ3) is 23.3. The summed E-state index contributed by atoms with van der Waals surface area (Å²) in [4.78, 5) is 1.30. The Bertz CT molecular complexity index is 4290. The van der Waals surface area contributed by atoms with Crippen LogP contribution in [0.25, 0.3) is 33.4 Å². The van der Waals surface area contributed by atoms with Gasteiger partial charge in [0.2, 0.25) is 0 Å². The van der Waals surface area contributed by atoms with Gasteiger partial charge in [0.25, 0.3) is 0 Å². The molecule has 1 fully saturated rings. The minimum Gasteiger partial charge on any atom is -0.428 e. The highest BCUT2D eigenvalue weighted by Crippen LogP contribution is 2.47. The third-order valence-electron chi connectivity index (χ3n) is 17.0. The number of nitrogens with zero attached hydrogens (tertiary/aromatic N) is 1. The molecule has 3 N–H and O–H groups in total. The van der Waals surface area contributed by atoms with Crippen molar-refractivity contribution in [1.82, 2.24) is 0 Å². The molecule has 4 heterocycles. The van der Waals surface area contributed by atoms with Crippen molar-refractivity contribution in [2.45, 2.75) is 126 Å². The Balaban J connectivity index is 0.000000213. The number of epoxide rings is 1. The molecule has 584 valence electrons. The summed E-state index contributed by atoms with van der Waals surface area (Å²) < 4.78 is 286. The van der Waals surface area contributed by atoms with Crippen LogP contribution < -0.4 is 29.7 Å². The second kappa shape index (κ2) is 38.2. The summed E-state index contributed by atoms with van der Waals surface area (Å²) in [6.45, 7) is -1.03. The van der Waals surface area contributed by atoms with E-state index in [-0.39, 0.29) is 61.2 Å². The molecule has 9 aromatic rings. The average Bonchev–Trinajstić information content (AvgIpc) is 1.61. The zero-order chi connectivity index (χ0) is 79.1. The van der Waals surface area contributed by atoms with Crippen molar-refractivity contribution in [2.75, 3.05) is 28.7 Å². The van der Waals surface area contributed by atoms with Crippen molar-refractivity contribution in [2.24, 2.45) is 0 Å². The molecule has 0 bridgehead atoms. The van der Waals surface area contributed by atoms with Gasteiger partial charge in [-0.15, -0.1) is 0 Å². The van der Waals surface area contributed by atoms with Crippen molar-refractivity contribution in [3.63, 3.8) is 0 Å². The number of ether oxygens (including phenoxy) is 4. The second-order valence-corrected chi connectivity index (χ2v) is 24.2. The van der Waals surface area contributed by atoms with Crippen LogP contribution in [-0.4, -0.2) is 80.4 Å². The van der Waals surface area contributed by atoms with Crippen LogP contribution in [0.15, 0.2) is 200 Å². The van der Waals surface area contributed by atoms with E-state index in [1.54, 1.807) is 48.5 Å². The fraction of sp³-hybridized carbons (Fsp3) is 0.289. The highest BCUT2D eigenvalue weighted by molar-refractivity contribution is 8.07. The lowest BCUT2D eigenvalue weighted by atomic mass is 9.86. The van der Waals surface area contributed by atoms with Gasteiger partial charge in [0.05, 0.1) is 31.3 Å². The minimum atomic E-state index is -4.94.